The number of amides is 4. The first-order chi connectivity index (χ1) is 12.1. The van der Waals surface area contributed by atoms with Crippen LogP contribution in [0.4, 0.5) is 4.79 Å². The van der Waals surface area contributed by atoms with E-state index in [1.165, 1.54) is 0 Å². The van der Waals surface area contributed by atoms with Crippen molar-refractivity contribution in [3.05, 3.63) is 34.3 Å². The fourth-order valence-corrected chi connectivity index (χ4v) is 5.23. The van der Waals surface area contributed by atoms with Crippen molar-refractivity contribution in [3.63, 3.8) is 0 Å². The zero-order valence-corrected chi connectivity index (χ0v) is 16.4. The van der Waals surface area contributed by atoms with E-state index in [1.807, 2.05) is 0 Å². The van der Waals surface area contributed by atoms with E-state index >= 15 is 0 Å². The largest absolute Gasteiger partial charge is 0.351 e. The number of carbonyl (C=O) groups is 3. The van der Waals surface area contributed by atoms with Gasteiger partial charge in [0.15, 0.2) is 9.84 Å². The summed E-state index contributed by atoms with van der Waals surface area (Å²) in [7, 11) is -3.13. The number of hydrogen-bond acceptors (Lipinski definition) is 5. The van der Waals surface area contributed by atoms with Crippen LogP contribution in [-0.2, 0) is 25.0 Å². The first-order valence-electron chi connectivity index (χ1n) is 8.01. The topological polar surface area (TPSA) is 113 Å². The molecule has 0 aliphatic carbocycles. The third kappa shape index (κ3) is 3.61. The number of hydrogen-bond donors (Lipinski definition) is 2. The molecule has 2 aliphatic heterocycles. The lowest BCUT2D eigenvalue weighted by atomic mass is 9.92. The van der Waals surface area contributed by atoms with Gasteiger partial charge in [0.1, 0.15) is 12.1 Å². The standard InChI is InChI=1S/C16H18BrN3O5S/c1-16(10-3-2-4-11(17)7-10)14(22)20(15(23)19-16)8-13(21)18-12-5-6-26(24,25)9-12/h2-4,7,12H,5-6,8-9H2,1H3,(H,18,21)(H,19,23)/t12-,16-/m1/s1. The Bertz CT molecular complexity index is 888. The van der Waals surface area contributed by atoms with Gasteiger partial charge >= 0.3 is 6.03 Å². The van der Waals surface area contributed by atoms with Gasteiger partial charge in [-0.25, -0.2) is 13.2 Å². The van der Waals surface area contributed by atoms with E-state index in [2.05, 4.69) is 26.6 Å². The molecule has 0 radical (unpaired) electrons. The lowest BCUT2D eigenvalue weighted by molar-refractivity contribution is -0.135. The molecule has 10 heteroatoms. The highest BCUT2D eigenvalue weighted by Crippen LogP contribution is 2.30. The monoisotopic (exact) mass is 443 g/mol. The van der Waals surface area contributed by atoms with E-state index < -0.39 is 45.8 Å². The number of nitrogens with zero attached hydrogens (tertiary/aromatic N) is 1. The van der Waals surface area contributed by atoms with Gasteiger partial charge < -0.3 is 10.6 Å². The summed E-state index contributed by atoms with van der Waals surface area (Å²) in [6.45, 7) is 1.13. The third-order valence-corrected chi connectivity index (χ3v) is 6.84. The molecule has 2 heterocycles. The summed E-state index contributed by atoms with van der Waals surface area (Å²) in [6, 6.07) is 5.85. The SMILES string of the molecule is C[C@]1(c2cccc(Br)c2)NC(=O)N(CC(=O)N[C@@H]2CCS(=O)(=O)C2)C1=O. The molecule has 3 rings (SSSR count). The van der Waals surface area contributed by atoms with Gasteiger partial charge in [-0.05, 0) is 31.0 Å². The smallest absolute Gasteiger partial charge is 0.325 e. The number of imide groups is 1. The van der Waals surface area contributed by atoms with Crippen molar-refractivity contribution in [2.24, 2.45) is 0 Å². The molecule has 140 valence electrons. The Balaban J connectivity index is 1.70. The Morgan fingerprint density at radius 1 is 1.42 bits per heavy atom. The Morgan fingerprint density at radius 3 is 2.77 bits per heavy atom. The Hall–Kier alpha value is -1.94. The molecule has 2 saturated heterocycles. The van der Waals surface area contributed by atoms with Crippen molar-refractivity contribution in [3.8, 4) is 0 Å². The third-order valence-electron chi connectivity index (χ3n) is 4.58. The van der Waals surface area contributed by atoms with Crippen molar-refractivity contribution >= 4 is 43.6 Å². The number of rotatable bonds is 4. The highest BCUT2D eigenvalue weighted by molar-refractivity contribution is 9.10. The van der Waals surface area contributed by atoms with Crippen LogP contribution in [0.2, 0.25) is 0 Å². The van der Waals surface area contributed by atoms with E-state index in [1.54, 1.807) is 31.2 Å². The van der Waals surface area contributed by atoms with Gasteiger partial charge in [-0.15, -0.1) is 0 Å². The molecule has 1 aromatic carbocycles. The maximum Gasteiger partial charge on any atom is 0.325 e. The Labute approximate surface area is 159 Å². The van der Waals surface area contributed by atoms with Gasteiger partial charge in [-0.2, -0.15) is 0 Å². The number of halogens is 1. The first-order valence-corrected chi connectivity index (χ1v) is 10.6. The maximum atomic E-state index is 12.8. The fraction of sp³-hybridized carbons (Fsp3) is 0.438. The van der Waals surface area contributed by atoms with Crippen LogP contribution in [0, 0.1) is 0 Å². The molecular weight excluding hydrogens is 426 g/mol. The molecule has 0 spiro atoms. The Morgan fingerprint density at radius 2 is 2.15 bits per heavy atom. The summed E-state index contributed by atoms with van der Waals surface area (Å²) in [4.78, 5) is 38.0. The van der Waals surface area contributed by atoms with Gasteiger partial charge in [-0.1, -0.05) is 28.1 Å². The number of benzene rings is 1. The Kier molecular flexibility index (Phi) is 4.82. The number of urea groups is 1. The second-order valence-electron chi connectivity index (χ2n) is 6.62. The molecule has 2 fully saturated rings. The molecule has 1 aromatic rings. The molecule has 26 heavy (non-hydrogen) atoms. The molecule has 8 nitrogen and oxygen atoms in total. The van der Waals surface area contributed by atoms with Crippen LogP contribution in [0.3, 0.4) is 0 Å². The lowest BCUT2D eigenvalue weighted by Gasteiger charge is -2.22. The summed E-state index contributed by atoms with van der Waals surface area (Å²) in [5.74, 6) is -1.18. The van der Waals surface area contributed by atoms with Crippen molar-refractivity contribution in [2.75, 3.05) is 18.1 Å². The van der Waals surface area contributed by atoms with E-state index in [9.17, 15) is 22.8 Å². The highest BCUT2D eigenvalue weighted by atomic mass is 79.9. The van der Waals surface area contributed by atoms with E-state index in [-0.39, 0.29) is 11.5 Å². The predicted octanol–water partition coefficient (Wildman–Crippen LogP) is 0.519. The molecule has 0 bridgehead atoms. The van der Waals surface area contributed by atoms with Crippen LogP contribution in [0.25, 0.3) is 0 Å². The minimum absolute atomic E-state index is 0.0298. The summed E-state index contributed by atoms with van der Waals surface area (Å²) in [5, 5.41) is 5.21. The summed E-state index contributed by atoms with van der Waals surface area (Å²) in [5.41, 5.74) is -0.673. The summed E-state index contributed by atoms with van der Waals surface area (Å²) < 4.78 is 23.7. The summed E-state index contributed by atoms with van der Waals surface area (Å²) in [6.07, 6.45) is 0.337. The minimum atomic E-state index is -3.13. The molecule has 0 saturated carbocycles. The predicted molar refractivity (Wildman–Crippen MR) is 96.9 cm³/mol. The average Bonchev–Trinajstić information content (AvgIpc) is 2.99. The molecule has 2 atom stereocenters. The molecule has 4 amide bonds. The van der Waals surface area contributed by atoms with Gasteiger partial charge in [0.2, 0.25) is 5.91 Å². The van der Waals surface area contributed by atoms with Crippen molar-refractivity contribution in [1.82, 2.24) is 15.5 Å². The zero-order chi connectivity index (χ0) is 19.1. The van der Waals surface area contributed by atoms with Gasteiger partial charge in [0.05, 0.1) is 11.5 Å². The van der Waals surface area contributed by atoms with Gasteiger partial charge in [0.25, 0.3) is 5.91 Å². The number of carbonyl (C=O) groups excluding carboxylic acids is 3. The quantitative estimate of drug-likeness (QED) is 0.658. The van der Waals surface area contributed by atoms with Crippen molar-refractivity contribution in [2.45, 2.75) is 24.9 Å². The second kappa shape index (κ2) is 6.66. The average molecular weight is 444 g/mol. The van der Waals surface area contributed by atoms with E-state index in [0.717, 1.165) is 9.37 Å². The van der Waals surface area contributed by atoms with Crippen molar-refractivity contribution < 1.29 is 22.8 Å². The van der Waals surface area contributed by atoms with E-state index in [4.69, 9.17) is 0 Å². The highest BCUT2D eigenvalue weighted by Gasteiger charge is 2.49. The number of nitrogens with one attached hydrogen (secondary N) is 2. The van der Waals surface area contributed by atoms with Crippen LogP contribution in [-0.4, -0.2) is 55.3 Å². The van der Waals surface area contributed by atoms with Crippen LogP contribution >= 0.6 is 15.9 Å². The van der Waals surface area contributed by atoms with Crippen LogP contribution < -0.4 is 10.6 Å². The lowest BCUT2D eigenvalue weighted by Crippen LogP contribution is -2.45. The van der Waals surface area contributed by atoms with Crippen molar-refractivity contribution in [1.29, 1.82) is 0 Å². The van der Waals surface area contributed by atoms with Crippen LogP contribution in [0.15, 0.2) is 28.7 Å². The summed E-state index contributed by atoms with van der Waals surface area (Å²) >= 11 is 3.33. The zero-order valence-electron chi connectivity index (χ0n) is 14.0. The minimum Gasteiger partial charge on any atom is -0.351 e. The van der Waals surface area contributed by atoms with Gasteiger partial charge in [-0.3, -0.25) is 14.5 Å². The fourth-order valence-electron chi connectivity index (χ4n) is 3.16. The molecule has 2 aliphatic rings. The molecule has 2 N–H and O–H groups in total. The molecule has 0 unspecified atom stereocenters. The van der Waals surface area contributed by atoms with Crippen LogP contribution in [0.5, 0.6) is 0 Å². The second-order valence-corrected chi connectivity index (χ2v) is 9.77. The normalized spacial score (nSPS) is 27.5. The first kappa shape index (κ1) is 18.8. The van der Waals surface area contributed by atoms with Gasteiger partial charge in [0, 0.05) is 10.5 Å². The van der Waals surface area contributed by atoms with E-state index in [0.29, 0.717) is 12.0 Å². The molecular formula is C16H18BrN3O5S. The van der Waals surface area contributed by atoms with Crippen LogP contribution in [0.1, 0.15) is 18.9 Å². The number of sulfone groups is 1. The maximum absolute atomic E-state index is 12.8. The molecule has 0 aromatic heterocycles.